The maximum absolute atomic E-state index is 6.40. The molecule has 0 spiro atoms. The average Bonchev–Trinajstić information content (AvgIpc) is 3.02. The summed E-state index contributed by atoms with van der Waals surface area (Å²) in [7, 11) is 0. The fraction of sp³-hybridized carbons (Fsp3) is 0.366. The Bertz CT molecular complexity index is 1550. The molecule has 3 nitrogen and oxygen atoms in total. The molecule has 0 bridgehead atoms. The summed E-state index contributed by atoms with van der Waals surface area (Å²) in [4.78, 5) is 2.59. The van der Waals surface area contributed by atoms with E-state index in [0.29, 0.717) is 5.70 Å². The summed E-state index contributed by atoms with van der Waals surface area (Å²) in [6.45, 7) is 11.0. The molecule has 1 atom stereocenters. The van der Waals surface area contributed by atoms with Crippen molar-refractivity contribution in [2.45, 2.75) is 90.8 Å². The van der Waals surface area contributed by atoms with Crippen molar-refractivity contribution in [3.63, 3.8) is 0 Å². The lowest BCUT2D eigenvalue weighted by atomic mass is 9.83. The second-order valence-corrected chi connectivity index (χ2v) is 13.0. The molecule has 0 radical (unpaired) electrons. The molecular weight excluding hydrogens is 534 g/mol. The third kappa shape index (κ3) is 8.71. The summed E-state index contributed by atoms with van der Waals surface area (Å²) in [5.74, 6) is 0. The predicted octanol–water partition coefficient (Wildman–Crippen LogP) is 7.94. The molecule has 4 aromatic carbocycles. The minimum atomic E-state index is -0.196. The third-order valence-electron chi connectivity index (χ3n) is 9.40. The van der Waals surface area contributed by atoms with Gasteiger partial charge in [-0.1, -0.05) is 103 Å². The Morgan fingerprint density at radius 2 is 1.36 bits per heavy atom. The Labute approximate surface area is 266 Å². The zero-order chi connectivity index (χ0) is 30.9. The zero-order valence-corrected chi connectivity index (χ0v) is 27.0. The van der Waals surface area contributed by atoms with E-state index in [0.717, 1.165) is 51.7 Å². The summed E-state index contributed by atoms with van der Waals surface area (Å²) >= 11 is 0. The molecule has 44 heavy (non-hydrogen) atoms. The van der Waals surface area contributed by atoms with E-state index in [9.17, 15) is 0 Å². The number of nitrogens with zero attached hydrogens (tertiary/aromatic N) is 1. The monoisotopic (exact) mass is 585 g/mol. The van der Waals surface area contributed by atoms with Gasteiger partial charge in [-0.3, -0.25) is 4.90 Å². The fourth-order valence-electron chi connectivity index (χ4n) is 6.85. The summed E-state index contributed by atoms with van der Waals surface area (Å²) in [6, 6.07) is 31.5. The first-order chi connectivity index (χ1) is 21.4. The van der Waals surface area contributed by atoms with E-state index in [1.165, 1.54) is 64.6 Å². The van der Waals surface area contributed by atoms with Gasteiger partial charge in [0.15, 0.2) is 0 Å². The average molecular weight is 586 g/mol. The molecule has 1 unspecified atom stereocenters. The number of aryl methyl sites for hydroxylation is 6. The molecule has 4 aromatic rings. The van der Waals surface area contributed by atoms with Crippen LogP contribution in [-0.4, -0.2) is 17.5 Å². The van der Waals surface area contributed by atoms with Crippen LogP contribution in [0.1, 0.15) is 74.9 Å². The van der Waals surface area contributed by atoms with Crippen molar-refractivity contribution >= 4 is 0 Å². The normalized spacial score (nSPS) is 13.5. The molecule has 1 aliphatic rings. The largest absolute Gasteiger partial charge is 0.401 e. The van der Waals surface area contributed by atoms with Crippen LogP contribution < -0.4 is 11.5 Å². The molecule has 0 fully saturated rings. The van der Waals surface area contributed by atoms with E-state index in [1.54, 1.807) is 16.7 Å². The number of nitrogens with two attached hydrogens (primary N) is 2. The Morgan fingerprint density at radius 3 is 2.05 bits per heavy atom. The quantitative estimate of drug-likeness (QED) is 0.158. The molecule has 0 aliphatic heterocycles. The maximum atomic E-state index is 6.40. The summed E-state index contributed by atoms with van der Waals surface area (Å²) in [6.07, 6.45) is 10.0. The first kappa shape index (κ1) is 31.8. The first-order valence-corrected chi connectivity index (χ1v) is 16.6. The third-order valence-corrected chi connectivity index (χ3v) is 9.40. The van der Waals surface area contributed by atoms with Gasteiger partial charge in [0.1, 0.15) is 0 Å². The SMILES string of the molecule is C=C(N)C(N)CCN(Cc1ccccc1CCc1cccc(C)c1)Cc1ccc2c(c1CCc1cccc(C)c1)CCCC2. The number of fused-ring (bicyclic) bond motifs is 1. The predicted molar refractivity (Wildman–Crippen MR) is 187 cm³/mol. The van der Waals surface area contributed by atoms with E-state index in [1.807, 2.05) is 0 Å². The summed E-state index contributed by atoms with van der Waals surface area (Å²) in [5, 5.41) is 0. The Hall–Kier alpha value is -3.66. The molecule has 0 saturated heterocycles. The van der Waals surface area contributed by atoms with E-state index in [-0.39, 0.29) is 6.04 Å². The van der Waals surface area contributed by atoms with Crippen molar-refractivity contribution in [2.24, 2.45) is 11.5 Å². The van der Waals surface area contributed by atoms with E-state index in [2.05, 4.69) is 110 Å². The standard InChI is InChI=1S/C41H51N3/c1-30-10-8-12-33(26-30)18-20-35-14-4-5-16-37(35)28-44(25-24-41(43)32(3)42)29-38-22-21-36-15-6-7-17-39(36)40(38)23-19-34-13-9-11-31(2)27-34/h4-5,8-14,16,21-22,26-27,41H,3,6-7,15,17-20,23-25,28-29,42-43H2,1-2H3. The van der Waals surface area contributed by atoms with Gasteiger partial charge in [0.2, 0.25) is 0 Å². The van der Waals surface area contributed by atoms with E-state index < -0.39 is 0 Å². The smallest absolute Gasteiger partial charge is 0.0448 e. The van der Waals surface area contributed by atoms with Crippen LogP contribution in [-0.2, 0) is 51.6 Å². The first-order valence-electron chi connectivity index (χ1n) is 16.6. The van der Waals surface area contributed by atoms with Crippen molar-refractivity contribution in [1.29, 1.82) is 0 Å². The van der Waals surface area contributed by atoms with Gasteiger partial charge >= 0.3 is 0 Å². The second-order valence-electron chi connectivity index (χ2n) is 13.0. The number of hydrogen-bond acceptors (Lipinski definition) is 3. The van der Waals surface area contributed by atoms with Gasteiger partial charge in [0, 0.05) is 31.4 Å². The molecule has 0 saturated carbocycles. The minimum Gasteiger partial charge on any atom is -0.401 e. The molecule has 230 valence electrons. The topological polar surface area (TPSA) is 55.3 Å². The maximum Gasteiger partial charge on any atom is 0.0448 e. The fourth-order valence-corrected chi connectivity index (χ4v) is 6.85. The molecule has 4 N–H and O–H groups in total. The molecule has 5 rings (SSSR count). The lowest BCUT2D eigenvalue weighted by Crippen LogP contribution is -2.33. The summed E-state index contributed by atoms with van der Waals surface area (Å²) in [5.41, 5.74) is 27.5. The number of benzene rings is 4. The van der Waals surface area contributed by atoms with Crippen LogP contribution in [0.4, 0.5) is 0 Å². The molecule has 0 amide bonds. The Kier molecular flexibility index (Phi) is 11.1. The highest BCUT2D eigenvalue weighted by Gasteiger charge is 2.20. The van der Waals surface area contributed by atoms with Crippen molar-refractivity contribution < 1.29 is 0 Å². The van der Waals surface area contributed by atoms with Gasteiger partial charge in [-0.25, -0.2) is 0 Å². The number of hydrogen-bond donors (Lipinski definition) is 2. The van der Waals surface area contributed by atoms with Crippen molar-refractivity contribution in [2.75, 3.05) is 6.54 Å². The van der Waals surface area contributed by atoms with Crippen LogP contribution in [0.2, 0.25) is 0 Å². The van der Waals surface area contributed by atoms with E-state index in [4.69, 9.17) is 11.5 Å². The van der Waals surface area contributed by atoms with Gasteiger partial charge in [-0.15, -0.1) is 0 Å². The van der Waals surface area contributed by atoms with Gasteiger partial charge in [0.05, 0.1) is 0 Å². The van der Waals surface area contributed by atoms with Crippen LogP contribution in [0.15, 0.2) is 97.2 Å². The van der Waals surface area contributed by atoms with Crippen LogP contribution in [0.25, 0.3) is 0 Å². The van der Waals surface area contributed by atoms with Gasteiger partial charge in [-0.2, -0.15) is 0 Å². The Balaban J connectivity index is 1.40. The Morgan fingerprint density at radius 1 is 0.727 bits per heavy atom. The van der Waals surface area contributed by atoms with Gasteiger partial charge in [0.25, 0.3) is 0 Å². The van der Waals surface area contributed by atoms with E-state index >= 15 is 0 Å². The van der Waals surface area contributed by atoms with Crippen molar-refractivity contribution in [1.82, 2.24) is 4.90 Å². The van der Waals surface area contributed by atoms with Crippen LogP contribution in [0.3, 0.4) is 0 Å². The molecule has 0 heterocycles. The summed E-state index contributed by atoms with van der Waals surface area (Å²) < 4.78 is 0. The number of rotatable bonds is 14. The van der Waals surface area contributed by atoms with Crippen LogP contribution >= 0.6 is 0 Å². The van der Waals surface area contributed by atoms with Crippen molar-refractivity contribution in [3.05, 3.63) is 153 Å². The molecule has 3 heteroatoms. The molecule has 0 aromatic heterocycles. The van der Waals surface area contributed by atoms with Crippen LogP contribution in [0, 0.1) is 13.8 Å². The molecular formula is C41H51N3. The van der Waals surface area contributed by atoms with Gasteiger partial charge in [-0.05, 0) is 116 Å². The highest BCUT2D eigenvalue weighted by atomic mass is 15.1. The second kappa shape index (κ2) is 15.4. The lowest BCUT2D eigenvalue weighted by molar-refractivity contribution is 0.247. The highest BCUT2D eigenvalue weighted by Crippen LogP contribution is 2.30. The molecule has 1 aliphatic carbocycles. The van der Waals surface area contributed by atoms with Gasteiger partial charge < -0.3 is 11.5 Å². The van der Waals surface area contributed by atoms with Crippen molar-refractivity contribution in [3.8, 4) is 0 Å². The lowest BCUT2D eigenvalue weighted by Gasteiger charge is -2.29. The minimum absolute atomic E-state index is 0.196. The highest BCUT2D eigenvalue weighted by molar-refractivity contribution is 5.43. The van der Waals surface area contributed by atoms with Crippen LogP contribution in [0.5, 0.6) is 0 Å². The zero-order valence-electron chi connectivity index (χ0n) is 27.0.